The van der Waals surface area contributed by atoms with Crippen molar-refractivity contribution >= 4 is 69.8 Å². The van der Waals surface area contributed by atoms with E-state index in [1.165, 1.54) is 24.3 Å². The van der Waals surface area contributed by atoms with Crippen molar-refractivity contribution in [2.45, 2.75) is 39.8 Å². The fraction of sp³-hybridized carbons (Fsp3) is 0.224. The van der Waals surface area contributed by atoms with Gasteiger partial charge in [0, 0.05) is 46.6 Å². The Morgan fingerprint density at radius 3 is 1.29 bits per heavy atom. The highest BCUT2D eigenvalue weighted by Crippen LogP contribution is 2.57. The van der Waals surface area contributed by atoms with Crippen LogP contribution in [0.5, 0.6) is 11.5 Å². The molecule has 0 saturated carbocycles. The zero-order valence-electron chi connectivity index (χ0n) is 34.7. The fourth-order valence-corrected chi connectivity index (χ4v) is 12.9. The summed E-state index contributed by atoms with van der Waals surface area (Å²) in [5.74, 6) is 2.83. The van der Waals surface area contributed by atoms with Crippen molar-refractivity contribution in [1.29, 1.82) is 0 Å². The van der Waals surface area contributed by atoms with Crippen LogP contribution in [0.15, 0.2) is 144 Å². The van der Waals surface area contributed by atoms with Gasteiger partial charge in [-0.1, -0.05) is 59.6 Å². The van der Waals surface area contributed by atoms with Gasteiger partial charge in [-0.25, -0.2) is 8.78 Å². The number of benzene rings is 6. The molecule has 14 heteroatoms. The van der Waals surface area contributed by atoms with Crippen molar-refractivity contribution in [1.82, 2.24) is 10.0 Å². The van der Waals surface area contributed by atoms with Gasteiger partial charge in [0.25, 0.3) is 0 Å². The van der Waals surface area contributed by atoms with E-state index in [0.29, 0.717) is 16.5 Å². The third-order valence-corrected chi connectivity index (χ3v) is 15.6. The van der Waals surface area contributed by atoms with E-state index in [2.05, 4.69) is 46.2 Å². The van der Waals surface area contributed by atoms with Crippen LogP contribution >= 0.6 is 46.7 Å². The summed E-state index contributed by atoms with van der Waals surface area (Å²) in [4.78, 5) is 4.55. The van der Waals surface area contributed by atoms with E-state index < -0.39 is 0 Å². The lowest BCUT2D eigenvalue weighted by atomic mass is 9.99. The largest absolute Gasteiger partial charge is 0.496 e. The molecule has 63 heavy (non-hydrogen) atoms. The number of halogens is 4. The molecule has 10 rings (SSSR count). The number of methoxy groups -OCH3 is 2. The number of ether oxygens (including phenoxy) is 2. The molecule has 0 radical (unpaired) electrons. The molecule has 6 aromatic rings. The van der Waals surface area contributed by atoms with Gasteiger partial charge in [0.2, 0.25) is 0 Å². The SMILES string of the molecule is COc1ccc(Cc2ccc(OC)c(C3SC4C(=NN(C)C4c4ccc(F)cc4)N3c3ccc(Cl)cc3)c2)cc1C1SC2C(=NN(C)C2c2ccc(F)cc2)N1c1ccc(Cl)cc1. The van der Waals surface area contributed by atoms with Crippen LogP contribution in [-0.2, 0) is 6.42 Å². The minimum atomic E-state index is -0.271. The van der Waals surface area contributed by atoms with Crippen LogP contribution in [-0.4, -0.2) is 60.5 Å². The molecule has 4 aliphatic rings. The zero-order valence-corrected chi connectivity index (χ0v) is 37.8. The first-order chi connectivity index (χ1) is 30.6. The van der Waals surface area contributed by atoms with Crippen LogP contribution in [0.2, 0.25) is 10.0 Å². The molecule has 0 amide bonds. The summed E-state index contributed by atoms with van der Waals surface area (Å²) in [6, 6.07) is 41.8. The number of hydrazone groups is 2. The van der Waals surface area contributed by atoms with Crippen molar-refractivity contribution in [2.75, 3.05) is 38.1 Å². The Morgan fingerprint density at radius 1 is 0.540 bits per heavy atom. The molecule has 6 aromatic carbocycles. The summed E-state index contributed by atoms with van der Waals surface area (Å²) < 4.78 is 40.3. The number of amidine groups is 2. The topological polar surface area (TPSA) is 56.1 Å². The normalized spacial score (nSPS) is 22.6. The smallest absolute Gasteiger partial charge is 0.146 e. The third kappa shape index (κ3) is 7.64. The van der Waals surface area contributed by atoms with Crippen LogP contribution < -0.4 is 19.3 Å². The average molecular weight is 920 g/mol. The highest BCUT2D eigenvalue weighted by molar-refractivity contribution is 8.01. The Hall–Kier alpha value is -5.40. The minimum absolute atomic E-state index is 0.0438. The second kappa shape index (κ2) is 17.0. The van der Waals surface area contributed by atoms with Crippen molar-refractivity contribution in [2.24, 2.45) is 10.2 Å². The van der Waals surface area contributed by atoms with Gasteiger partial charge >= 0.3 is 0 Å². The molecule has 2 saturated heterocycles. The van der Waals surface area contributed by atoms with E-state index in [4.69, 9.17) is 42.9 Å². The molecule has 0 bridgehead atoms. The summed E-state index contributed by atoms with van der Waals surface area (Å²) in [7, 11) is 7.36. The Bertz CT molecular complexity index is 2540. The number of hydrogen-bond donors (Lipinski definition) is 0. The lowest BCUT2D eigenvalue weighted by Gasteiger charge is -2.29. The number of anilines is 2. The number of fused-ring (bicyclic) bond motifs is 2. The molecule has 0 spiro atoms. The quantitative estimate of drug-likeness (QED) is 0.135. The van der Waals surface area contributed by atoms with E-state index in [-0.39, 0.29) is 45.0 Å². The molecule has 8 nitrogen and oxygen atoms in total. The van der Waals surface area contributed by atoms with Gasteiger partial charge in [-0.05, 0) is 126 Å². The van der Waals surface area contributed by atoms with Crippen LogP contribution in [0, 0.1) is 11.6 Å². The van der Waals surface area contributed by atoms with E-state index in [1.54, 1.807) is 14.2 Å². The van der Waals surface area contributed by atoms with E-state index in [1.807, 2.05) is 120 Å². The summed E-state index contributed by atoms with van der Waals surface area (Å²) in [6.45, 7) is 0. The van der Waals surface area contributed by atoms with Gasteiger partial charge in [0.1, 0.15) is 45.6 Å². The molecular weight excluding hydrogens is 878 g/mol. The molecule has 6 atom stereocenters. The molecule has 0 aromatic heterocycles. The predicted molar refractivity (Wildman–Crippen MR) is 254 cm³/mol. The van der Waals surface area contributed by atoms with Gasteiger partial charge in [-0.15, -0.1) is 23.5 Å². The Morgan fingerprint density at radius 2 is 0.921 bits per heavy atom. The maximum Gasteiger partial charge on any atom is 0.146 e. The highest BCUT2D eigenvalue weighted by Gasteiger charge is 2.52. The number of nitrogens with zero attached hydrogens (tertiary/aromatic N) is 6. The lowest BCUT2D eigenvalue weighted by Crippen LogP contribution is -2.31. The third-order valence-electron chi connectivity index (χ3n) is 12.1. The monoisotopic (exact) mass is 918 g/mol. The van der Waals surface area contributed by atoms with Crippen LogP contribution in [0.1, 0.15) is 56.2 Å². The van der Waals surface area contributed by atoms with E-state index in [9.17, 15) is 8.78 Å². The first kappa shape index (κ1) is 41.6. The summed E-state index contributed by atoms with van der Waals surface area (Å²) in [5, 5.41) is 15.0. The number of rotatable bonds is 10. The molecule has 0 N–H and O–H groups in total. The minimum Gasteiger partial charge on any atom is -0.496 e. The second-order valence-corrected chi connectivity index (χ2v) is 19.2. The van der Waals surface area contributed by atoms with Crippen LogP contribution in [0.4, 0.5) is 20.2 Å². The van der Waals surface area contributed by atoms with Crippen LogP contribution in [0.25, 0.3) is 0 Å². The van der Waals surface area contributed by atoms with E-state index in [0.717, 1.165) is 67.9 Å². The van der Waals surface area contributed by atoms with Crippen LogP contribution in [0.3, 0.4) is 0 Å². The van der Waals surface area contributed by atoms with Crippen molar-refractivity contribution in [3.05, 3.63) is 189 Å². The molecule has 4 heterocycles. The fourth-order valence-electron chi connectivity index (χ4n) is 9.19. The first-order valence-corrected chi connectivity index (χ1v) is 23.1. The predicted octanol–water partition coefficient (Wildman–Crippen LogP) is 12.1. The molecular formula is C49H42Cl2F2N6O2S2. The van der Waals surface area contributed by atoms with Crippen molar-refractivity contribution < 1.29 is 18.3 Å². The standard InChI is InChI=1S/C49H42Cl2F2N6O2S2/c1-56-42(30-7-15-34(52)16-8-30)44-46(54-56)58(36-19-11-32(50)12-20-36)48(62-44)38-26-28(5-23-40(38)60-3)25-29-6-24-41(61-4)39(27-29)49-59(37-21-13-33(51)14-22-37)47-45(63-49)43(57(2)55-47)31-9-17-35(53)18-10-31/h5-24,26-27,42-45,48-49H,25H2,1-4H3. The van der Waals surface area contributed by atoms with Gasteiger partial charge in [0.05, 0.1) is 36.8 Å². The Kier molecular flexibility index (Phi) is 11.2. The first-order valence-electron chi connectivity index (χ1n) is 20.5. The molecule has 6 unspecified atom stereocenters. The van der Waals surface area contributed by atoms with Gasteiger partial charge < -0.3 is 19.3 Å². The second-order valence-electron chi connectivity index (χ2n) is 15.9. The molecule has 4 aliphatic heterocycles. The summed E-state index contributed by atoms with van der Waals surface area (Å²) >= 11 is 16.4. The Balaban J connectivity index is 1.01. The van der Waals surface area contributed by atoms with Gasteiger partial charge in [0.15, 0.2) is 0 Å². The van der Waals surface area contributed by atoms with Gasteiger partial charge in [-0.3, -0.25) is 10.0 Å². The molecule has 2 fully saturated rings. The number of thioether (sulfide) groups is 2. The lowest BCUT2D eigenvalue weighted by molar-refractivity contribution is 0.293. The zero-order chi connectivity index (χ0) is 43.5. The van der Waals surface area contributed by atoms with Crippen molar-refractivity contribution in [3.63, 3.8) is 0 Å². The maximum absolute atomic E-state index is 14.1. The summed E-state index contributed by atoms with van der Waals surface area (Å²) in [5.41, 5.74) is 8.15. The average Bonchev–Trinajstić information content (AvgIpc) is 4.02. The molecule has 0 aliphatic carbocycles. The number of hydrogen-bond acceptors (Lipinski definition) is 10. The van der Waals surface area contributed by atoms with Gasteiger partial charge in [-0.2, -0.15) is 10.2 Å². The highest BCUT2D eigenvalue weighted by atomic mass is 35.5. The molecule has 320 valence electrons. The maximum atomic E-state index is 14.1. The summed E-state index contributed by atoms with van der Waals surface area (Å²) in [6.07, 6.45) is 0.640. The van der Waals surface area contributed by atoms with E-state index >= 15 is 0 Å². The van der Waals surface area contributed by atoms with Crippen molar-refractivity contribution in [3.8, 4) is 11.5 Å². The Labute approximate surface area is 384 Å².